The fraction of sp³-hybridized carbons (Fsp3) is 0.222. The number of aliphatic hydroxyl groups is 1. The number of carboxylic acid groups (broad SMARTS) is 1. The normalized spacial score (nSPS) is 10.0. The highest BCUT2D eigenvalue weighted by Crippen LogP contribution is 2.26. The van der Waals surface area contributed by atoms with Crippen LogP contribution in [0.2, 0.25) is 0 Å². The van der Waals surface area contributed by atoms with Crippen molar-refractivity contribution in [1.29, 1.82) is 0 Å². The number of halogens is 1. The van der Waals surface area contributed by atoms with Crippen molar-refractivity contribution in [3.05, 3.63) is 33.6 Å². The molecule has 0 saturated heterocycles. The van der Waals surface area contributed by atoms with E-state index in [1.165, 1.54) is 0 Å². The lowest BCUT2D eigenvalue weighted by Gasteiger charge is -2.07. The van der Waals surface area contributed by atoms with Crippen LogP contribution in [0.4, 0.5) is 15.8 Å². The van der Waals surface area contributed by atoms with Crippen LogP contribution in [0.25, 0.3) is 0 Å². The summed E-state index contributed by atoms with van der Waals surface area (Å²) in [6, 6.07) is 1.36. The number of hydrogen-bond donors (Lipinski definition) is 3. The minimum atomic E-state index is -1.52. The van der Waals surface area contributed by atoms with Crippen molar-refractivity contribution in [3.63, 3.8) is 0 Å². The molecule has 0 heterocycles. The minimum absolute atomic E-state index is 0.00773. The van der Waals surface area contributed by atoms with Gasteiger partial charge in [-0.25, -0.2) is 9.18 Å². The van der Waals surface area contributed by atoms with Gasteiger partial charge in [0.05, 0.1) is 23.3 Å². The molecule has 17 heavy (non-hydrogen) atoms. The average molecular weight is 244 g/mol. The molecule has 1 aromatic rings. The molecule has 0 saturated carbocycles. The van der Waals surface area contributed by atoms with Crippen molar-refractivity contribution in [1.82, 2.24) is 0 Å². The fourth-order valence-electron chi connectivity index (χ4n) is 1.21. The van der Waals surface area contributed by atoms with Gasteiger partial charge in [0.25, 0.3) is 5.69 Å². The van der Waals surface area contributed by atoms with Gasteiger partial charge in [0.1, 0.15) is 5.56 Å². The predicted octanol–water partition coefficient (Wildman–Crippen LogP) is 0.836. The average Bonchev–Trinajstić information content (AvgIpc) is 2.26. The number of nitro benzene ring substituents is 1. The molecule has 92 valence electrons. The number of carbonyl (C=O) groups is 1. The summed E-state index contributed by atoms with van der Waals surface area (Å²) in [4.78, 5) is 20.3. The molecule has 0 atom stereocenters. The Bertz CT molecular complexity index is 463. The molecule has 0 aromatic heterocycles. The lowest BCUT2D eigenvalue weighted by molar-refractivity contribution is -0.385. The topological polar surface area (TPSA) is 113 Å². The van der Waals surface area contributed by atoms with Crippen molar-refractivity contribution in [2.24, 2.45) is 0 Å². The van der Waals surface area contributed by atoms with Crippen LogP contribution in [0.3, 0.4) is 0 Å². The van der Waals surface area contributed by atoms with Gasteiger partial charge in [-0.15, -0.1) is 0 Å². The molecule has 1 rings (SSSR count). The number of nitro groups is 1. The van der Waals surface area contributed by atoms with Crippen molar-refractivity contribution < 1.29 is 24.3 Å². The predicted molar refractivity (Wildman–Crippen MR) is 55.6 cm³/mol. The molecule has 0 radical (unpaired) electrons. The van der Waals surface area contributed by atoms with Crippen LogP contribution in [0.5, 0.6) is 0 Å². The summed E-state index contributed by atoms with van der Waals surface area (Å²) in [5.74, 6) is -2.47. The minimum Gasteiger partial charge on any atom is -0.477 e. The molecule has 0 unspecified atom stereocenters. The first kappa shape index (κ1) is 12.8. The maximum Gasteiger partial charge on any atom is 0.342 e. The number of nitrogens with zero attached hydrogens (tertiary/aromatic N) is 1. The fourth-order valence-corrected chi connectivity index (χ4v) is 1.21. The van der Waals surface area contributed by atoms with E-state index in [0.717, 1.165) is 6.07 Å². The number of hydrogen-bond acceptors (Lipinski definition) is 5. The Hall–Kier alpha value is -2.22. The molecule has 0 aliphatic heterocycles. The SMILES string of the molecule is O=C(O)c1cc(NCCO)c(F)cc1[N+](=O)[O-]. The molecule has 0 amide bonds. The molecule has 0 bridgehead atoms. The van der Waals surface area contributed by atoms with Crippen LogP contribution in [0.1, 0.15) is 10.4 Å². The third kappa shape index (κ3) is 2.88. The van der Waals surface area contributed by atoms with Gasteiger partial charge in [0, 0.05) is 6.54 Å². The van der Waals surface area contributed by atoms with Crippen LogP contribution >= 0.6 is 0 Å². The number of anilines is 1. The lowest BCUT2D eigenvalue weighted by atomic mass is 10.1. The van der Waals surface area contributed by atoms with Gasteiger partial charge < -0.3 is 15.5 Å². The smallest absolute Gasteiger partial charge is 0.342 e. The maximum absolute atomic E-state index is 13.3. The molecule has 7 nitrogen and oxygen atoms in total. The Labute approximate surface area is 94.6 Å². The van der Waals surface area contributed by atoms with Crippen LogP contribution < -0.4 is 5.32 Å². The molecule has 0 spiro atoms. The quantitative estimate of drug-likeness (QED) is 0.522. The van der Waals surface area contributed by atoms with Crippen LogP contribution in [0.15, 0.2) is 12.1 Å². The highest BCUT2D eigenvalue weighted by atomic mass is 19.1. The number of benzene rings is 1. The molecule has 3 N–H and O–H groups in total. The van der Waals surface area contributed by atoms with E-state index in [4.69, 9.17) is 10.2 Å². The van der Waals surface area contributed by atoms with Gasteiger partial charge in [-0.3, -0.25) is 10.1 Å². The first-order chi connectivity index (χ1) is 7.97. The zero-order valence-corrected chi connectivity index (χ0v) is 8.51. The highest BCUT2D eigenvalue weighted by Gasteiger charge is 2.23. The Morgan fingerprint density at radius 1 is 1.53 bits per heavy atom. The van der Waals surface area contributed by atoms with Crippen LogP contribution in [-0.2, 0) is 0 Å². The molecular weight excluding hydrogens is 235 g/mol. The zero-order chi connectivity index (χ0) is 13.0. The van der Waals surface area contributed by atoms with Gasteiger partial charge in [0.2, 0.25) is 0 Å². The van der Waals surface area contributed by atoms with E-state index in [0.29, 0.717) is 6.07 Å². The van der Waals surface area contributed by atoms with Crippen molar-refractivity contribution >= 4 is 17.3 Å². The number of aromatic carboxylic acids is 1. The van der Waals surface area contributed by atoms with Crippen LogP contribution in [0, 0.1) is 15.9 Å². The lowest BCUT2D eigenvalue weighted by Crippen LogP contribution is -2.10. The van der Waals surface area contributed by atoms with Gasteiger partial charge in [-0.1, -0.05) is 0 Å². The molecule has 1 aromatic carbocycles. The zero-order valence-electron chi connectivity index (χ0n) is 8.51. The summed E-state index contributed by atoms with van der Waals surface area (Å²) in [7, 11) is 0. The van der Waals surface area contributed by atoms with Gasteiger partial charge in [0.15, 0.2) is 5.82 Å². The van der Waals surface area contributed by atoms with E-state index in [2.05, 4.69) is 5.32 Å². The van der Waals surface area contributed by atoms with E-state index < -0.39 is 28.0 Å². The third-order valence-corrected chi connectivity index (χ3v) is 1.94. The molecule has 0 aliphatic rings. The van der Waals surface area contributed by atoms with Crippen molar-refractivity contribution in [2.75, 3.05) is 18.5 Å². The van der Waals surface area contributed by atoms with E-state index in [1.54, 1.807) is 0 Å². The monoisotopic (exact) mass is 244 g/mol. The highest BCUT2D eigenvalue weighted by molar-refractivity contribution is 5.93. The summed E-state index contributed by atoms with van der Waals surface area (Å²) >= 11 is 0. The molecule has 0 fully saturated rings. The number of aliphatic hydroxyl groups excluding tert-OH is 1. The van der Waals surface area contributed by atoms with E-state index in [9.17, 15) is 19.3 Å². The second kappa shape index (κ2) is 5.21. The van der Waals surface area contributed by atoms with E-state index in [1.807, 2.05) is 0 Å². The Balaban J connectivity index is 3.24. The second-order valence-electron chi connectivity index (χ2n) is 3.06. The first-order valence-corrected chi connectivity index (χ1v) is 4.53. The summed E-state index contributed by atoms with van der Waals surface area (Å²) in [5.41, 5.74) is -1.64. The molecular formula is C9H9FN2O5. The second-order valence-corrected chi connectivity index (χ2v) is 3.06. The van der Waals surface area contributed by atoms with Crippen molar-refractivity contribution in [3.8, 4) is 0 Å². The molecule has 0 aliphatic carbocycles. The Morgan fingerprint density at radius 3 is 2.65 bits per heavy atom. The van der Waals surface area contributed by atoms with Gasteiger partial charge >= 0.3 is 5.97 Å². The number of rotatable bonds is 5. The summed E-state index contributed by atoms with van der Waals surface area (Å²) in [6.45, 7) is -0.271. The third-order valence-electron chi connectivity index (χ3n) is 1.94. The number of nitrogens with one attached hydrogen (secondary N) is 1. The van der Waals surface area contributed by atoms with Gasteiger partial charge in [-0.05, 0) is 6.07 Å². The van der Waals surface area contributed by atoms with E-state index in [-0.39, 0.29) is 18.8 Å². The van der Waals surface area contributed by atoms with Crippen LogP contribution in [-0.4, -0.2) is 34.3 Å². The Morgan fingerprint density at radius 2 is 2.18 bits per heavy atom. The summed E-state index contributed by atoms with van der Waals surface area (Å²) in [6.07, 6.45) is 0. The molecule has 8 heteroatoms. The maximum atomic E-state index is 13.3. The summed E-state index contributed by atoms with van der Waals surface area (Å²) in [5, 5.41) is 30.2. The Kier molecular flexibility index (Phi) is 3.94. The van der Waals surface area contributed by atoms with Crippen molar-refractivity contribution in [2.45, 2.75) is 0 Å². The first-order valence-electron chi connectivity index (χ1n) is 4.53. The largest absolute Gasteiger partial charge is 0.477 e. The summed E-state index contributed by atoms with van der Waals surface area (Å²) < 4.78 is 13.3. The standard InChI is InChI=1S/C9H9FN2O5/c10-6-4-8(12(16)17)5(9(14)15)3-7(6)11-1-2-13/h3-4,11,13H,1-2H2,(H,14,15). The van der Waals surface area contributed by atoms with E-state index >= 15 is 0 Å². The van der Waals surface area contributed by atoms with Gasteiger partial charge in [-0.2, -0.15) is 0 Å². The number of carboxylic acids is 1.